The molecule has 18 heavy (non-hydrogen) atoms. The second kappa shape index (κ2) is 3.88. The highest BCUT2D eigenvalue weighted by Crippen LogP contribution is 2.37. The van der Waals surface area contributed by atoms with E-state index in [-0.39, 0.29) is 0 Å². The van der Waals surface area contributed by atoms with Crippen LogP contribution in [0, 0.1) is 13.8 Å². The number of rotatable bonds is 1. The fourth-order valence-corrected chi connectivity index (χ4v) is 3.54. The minimum absolute atomic E-state index is 0.958. The lowest BCUT2D eigenvalue weighted by molar-refractivity contribution is 1.07. The van der Waals surface area contributed by atoms with Crippen LogP contribution in [0.25, 0.3) is 20.4 Å². The molecule has 0 aliphatic heterocycles. The zero-order valence-electron chi connectivity index (χ0n) is 10.9. The van der Waals surface area contributed by atoms with Crippen molar-refractivity contribution in [1.29, 1.82) is 0 Å². The molecule has 0 aromatic carbocycles. The van der Waals surface area contributed by atoms with Gasteiger partial charge in [0.15, 0.2) is 0 Å². The Labute approximate surface area is 109 Å². The van der Waals surface area contributed by atoms with E-state index in [9.17, 15) is 0 Å². The molecule has 5 heteroatoms. The molecule has 0 saturated heterocycles. The lowest BCUT2D eigenvalue weighted by Crippen LogP contribution is -2.10. The van der Waals surface area contributed by atoms with Crippen molar-refractivity contribution in [3.63, 3.8) is 0 Å². The molecule has 0 fully saturated rings. The van der Waals surface area contributed by atoms with E-state index in [2.05, 4.69) is 27.9 Å². The molecule has 0 saturated carbocycles. The fraction of sp³-hybridized carbons (Fsp3) is 0.308. The Hall–Kier alpha value is -1.75. The molecule has 3 aromatic heterocycles. The third-order valence-electron chi connectivity index (χ3n) is 2.96. The second-order valence-corrected chi connectivity index (χ2v) is 5.63. The van der Waals surface area contributed by atoms with Crippen molar-refractivity contribution in [3.8, 4) is 0 Å². The van der Waals surface area contributed by atoms with Gasteiger partial charge in [0.1, 0.15) is 17.0 Å². The standard InChI is InChI=1S/C13H14N4S/c1-7-5-8(2)16-13-9(7)10-11(18-13)12(17(3)4)15-6-14-10/h5-6H,1-4H3. The van der Waals surface area contributed by atoms with E-state index in [1.165, 1.54) is 5.56 Å². The zero-order chi connectivity index (χ0) is 12.9. The summed E-state index contributed by atoms with van der Waals surface area (Å²) < 4.78 is 1.11. The molecule has 92 valence electrons. The van der Waals surface area contributed by atoms with Gasteiger partial charge in [0.25, 0.3) is 0 Å². The Morgan fingerprint density at radius 1 is 1.17 bits per heavy atom. The van der Waals surface area contributed by atoms with Crippen molar-refractivity contribution in [2.75, 3.05) is 19.0 Å². The van der Waals surface area contributed by atoms with Crippen LogP contribution in [-0.2, 0) is 0 Å². The zero-order valence-corrected chi connectivity index (χ0v) is 11.7. The van der Waals surface area contributed by atoms with Gasteiger partial charge in [-0.25, -0.2) is 15.0 Å². The van der Waals surface area contributed by atoms with Crippen LogP contribution in [0.3, 0.4) is 0 Å². The van der Waals surface area contributed by atoms with E-state index in [4.69, 9.17) is 0 Å². The predicted octanol–water partition coefficient (Wildman–Crippen LogP) is 2.92. The topological polar surface area (TPSA) is 41.9 Å². The molecule has 3 rings (SSSR count). The smallest absolute Gasteiger partial charge is 0.149 e. The van der Waals surface area contributed by atoms with Gasteiger partial charge in [-0.2, -0.15) is 0 Å². The van der Waals surface area contributed by atoms with Crippen LogP contribution >= 0.6 is 11.3 Å². The summed E-state index contributed by atoms with van der Waals surface area (Å²) in [4.78, 5) is 16.5. The first-order valence-corrected chi connectivity index (χ1v) is 6.58. The largest absolute Gasteiger partial charge is 0.361 e. The summed E-state index contributed by atoms with van der Waals surface area (Å²) in [5.41, 5.74) is 3.29. The van der Waals surface area contributed by atoms with Gasteiger partial charge in [-0.05, 0) is 25.5 Å². The molecule has 3 aromatic rings. The lowest BCUT2D eigenvalue weighted by atomic mass is 10.1. The number of anilines is 1. The molecule has 0 N–H and O–H groups in total. The van der Waals surface area contributed by atoms with Crippen LogP contribution in [0.5, 0.6) is 0 Å². The molecule has 0 bridgehead atoms. The van der Waals surface area contributed by atoms with Crippen LogP contribution in [0.4, 0.5) is 5.82 Å². The van der Waals surface area contributed by atoms with Gasteiger partial charge >= 0.3 is 0 Å². The number of hydrogen-bond donors (Lipinski definition) is 0. The normalized spacial score (nSPS) is 11.3. The quantitative estimate of drug-likeness (QED) is 0.673. The predicted molar refractivity (Wildman–Crippen MR) is 76.5 cm³/mol. The summed E-state index contributed by atoms with van der Waals surface area (Å²) in [5, 5.41) is 1.16. The summed E-state index contributed by atoms with van der Waals surface area (Å²) in [6.07, 6.45) is 1.63. The fourth-order valence-electron chi connectivity index (χ4n) is 2.22. The van der Waals surface area contributed by atoms with Crippen molar-refractivity contribution in [2.45, 2.75) is 13.8 Å². The molecule has 0 radical (unpaired) electrons. The van der Waals surface area contributed by atoms with E-state index in [1.807, 2.05) is 25.9 Å². The second-order valence-electron chi connectivity index (χ2n) is 4.63. The number of aryl methyl sites for hydroxylation is 2. The summed E-state index contributed by atoms with van der Waals surface area (Å²) in [5.74, 6) is 0.958. The molecular formula is C13H14N4S. The van der Waals surface area contributed by atoms with E-state index in [0.29, 0.717) is 0 Å². The maximum absolute atomic E-state index is 4.61. The summed E-state index contributed by atoms with van der Waals surface area (Å²) in [6.45, 7) is 4.13. The maximum atomic E-state index is 4.61. The van der Waals surface area contributed by atoms with Crippen molar-refractivity contribution < 1.29 is 0 Å². The number of pyridine rings is 1. The van der Waals surface area contributed by atoms with Crippen LogP contribution < -0.4 is 4.90 Å². The highest BCUT2D eigenvalue weighted by molar-refractivity contribution is 7.26. The Morgan fingerprint density at radius 2 is 1.94 bits per heavy atom. The monoisotopic (exact) mass is 258 g/mol. The molecule has 0 atom stereocenters. The van der Waals surface area contributed by atoms with Crippen LogP contribution in [0.2, 0.25) is 0 Å². The van der Waals surface area contributed by atoms with Gasteiger partial charge < -0.3 is 4.90 Å². The van der Waals surface area contributed by atoms with Crippen molar-refractivity contribution in [1.82, 2.24) is 15.0 Å². The van der Waals surface area contributed by atoms with Gasteiger partial charge in [-0.3, -0.25) is 0 Å². The highest BCUT2D eigenvalue weighted by atomic mass is 32.1. The van der Waals surface area contributed by atoms with E-state index in [1.54, 1.807) is 17.7 Å². The Morgan fingerprint density at radius 3 is 2.67 bits per heavy atom. The van der Waals surface area contributed by atoms with Crippen molar-refractivity contribution >= 4 is 37.6 Å². The maximum Gasteiger partial charge on any atom is 0.149 e. The van der Waals surface area contributed by atoms with Crippen molar-refractivity contribution in [2.24, 2.45) is 0 Å². The number of nitrogens with zero attached hydrogens (tertiary/aromatic N) is 4. The molecule has 0 amide bonds. The van der Waals surface area contributed by atoms with Crippen LogP contribution in [0.1, 0.15) is 11.3 Å². The molecule has 3 heterocycles. The third kappa shape index (κ3) is 1.54. The van der Waals surface area contributed by atoms with E-state index >= 15 is 0 Å². The Bertz CT molecular complexity index is 745. The molecule has 0 aliphatic carbocycles. The summed E-state index contributed by atoms with van der Waals surface area (Å²) in [7, 11) is 4.00. The SMILES string of the molecule is Cc1cc(C)c2c(n1)sc1c(N(C)C)ncnc12. The third-order valence-corrected chi connectivity index (χ3v) is 4.02. The van der Waals surface area contributed by atoms with Gasteiger partial charge in [-0.1, -0.05) is 0 Å². The number of thiophene rings is 1. The number of hydrogen-bond acceptors (Lipinski definition) is 5. The summed E-state index contributed by atoms with van der Waals surface area (Å²) >= 11 is 1.67. The first-order valence-electron chi connectivity index (χ1n) is 5.76. The van der Waals surface area contributed by atoms with E-state index < -0.39 is 0 Å². The van der Waals surface area contributed by atoms with E-state index in [0.717, 1.165) is 31.9 Å². The molecular weight excluding hydrogens is 244 g/mol. The molecule has 4 nitrogen and oxygen atoms in total. The highest BCUT2D eigenvalue weighted by Gasteiger charge is 2.15. The lowest BCUT2D eigenvalue weighted by Gasteiger charge is -2.10. The number of aromatic nitrogens is 3. The molecule has 0 unspecified atom stereocenters. The molecule has 0 aliphatic rings. The van der Waals surface area contributed by atoms with Gasteiger partial charge in [0.05, 0.1) is 10.2 Å². The van der Waals surface area contributed by atoms with Gasteiger partial charge in [-0.15, -0.1) is 11.3 Å². The summed E-state index contributed by atoms with van der Waals surface area (Å²) in [6, 6.07) is 2.10. The average Bonchev–Trinajstić information content (AvgIpc) is 2.65. The Balaban J connectivity index is 2.51. The number of fused-ring (bicyclic) bond motifs is 3. The van der Waals surface area contributed by atoms with Gasteiger partial charge in [0, 0.05) is 25.2 Å². The van der Waals surface area contributed by atoms with Crippen LogP contribution in [-0.4, -0.2) is 29.0 Å². The minimum Gasteiger partial charge on any atom is -0.361 e. The minimum atomic E-state index is 0.958. The van der Waals surface area contributed by atoms with Crippen LogP contribution in [0.15, 0.2) is 12.4 Å². The first kappa shape index (κ1) is 11.3. The Kier molecular flexibility index (Phi) is 2.45. The average molecular weight is 258 g/mol. The first-order chi connectivity index (χ1) is 8.58. The molecule has 0 spiro atoms. The van der Waals surface area contributed by atoms with Gasteiger partial charge in [0.2, 0.25) is 0 Å². The van der Waals surface area contributed by atoms with Crippen molar-refractivity contribution in [3.05, 3.63) is 23.7 Å².